The fourth-order valence-corrected chi connectivity index (χ4v) is 4.36. The molecule has 1 saturated heterocycles. The zero-order valence-corrected chi connectivity index (χ0v) is 15.6. The van der Waals surface area contributed by atoms with Crippen molar-refractivity contribution in [1.29, 1.82) is 0 Å². The van der Waals surface area contributed by atoms with Gasteiger partial charge in [0, 0.05) is 29.8 Å². The van der Waals surface area contributed by atoms with Crippen LogP contribution in [0, 0.1) is 12.7 Å². The molecule has 2 aromatic rings. The second kappa shape index (κ2) is 6.58. The molecule has 0 spiro atoms. The minimum Gasteiger partial charge on any atom is -0.306 e. The minimum atomic E-state index is -4.85. The van der Waals surface area contributed by atoms with Gasteiger partial charge in [0.25, 0.3) is 5.91 Å². The van der Waals surface area contributed by atoms with Gasteiger partial charge in [-0.1, -0.05) is 17.7 Å². The van der Waals surface area contributed by atoms with Gasteiger partial charge in [0.15, 0.2) is 0 Å². The van der Waals surface area contributed by atoms with Crippen LogP contribution in [0.5, 0.6) is 0 Å². The predicted octanol–water partition coefficient (Wildman–Crippen LogP) is 4.60. The Morgan fingerprint density at radius 1 is 1.14 bits per heavy atom. The van der Waals surface area contributed by atoms with Crippen molar-refractivity contribution in [3.8, 4) is 0 Å². The van der Waals surface area contributed by atoms with E-state index in [2.05, 4.69) is 4.90 Å². The Kier molecular flexibility index (Phi) is 4.45. The molecule has 1 fully saturated rings. The molecular weight excluding hydrogens is 372 g/mol. The van der Waals surface area contributed by atoms with Crippen molar-refractivity contribution >= 4 is 11.6 Å². The van der Waals surface area contributed by atoms with Crippen LogP contribution >= 0.6 is 0 Å². The van der Waals surface area contributed by atoms with E-state index in [-0.39, 0.29) is 17.5 Å². The Balaban J connectivity index is 1.78. The molecule has 148 valence electrons. The van der Waals surface area contributed by atoms with Gasteiger partial charge in [-0.3, -0.25) is 4.79 Å². The van der Waals surface area contributed by atoms with Gasteiger partial charge < -0.3 is 9.80 Å². The number of amides is 1. The molecule has 2 aliphatic rings. The summed E-state index contributed by atoms with van der Waals surface area (Å²) in [5, 5.41) is 0. The van der Waals surface area contributed by atoms with Gasteiger partial charge in [0.2, 0.25) is 0 Å². The van der Waals surface area contributed by atoms with Crippen LogP contribution in [-0.4, -0.2) is 37.0 Å². The first-order valence-corrected chi connectivity index (χ1v) is 9.16. The van der Waals surface area contributed by atoms with E-state index in [0.717, 1.165) is 42.4 Å². The number of rotatable bonds is 1. The van der Waals surface area contributed by atoms with Crippen molar-refractivity contribution in [3.63, 3.8) is 0 Å². The van der Waals surface area contributed by atoms with Gasteiger partial charge in [-0.15, -0.1) is 0 Å². The first-order chi connectivity index (χ1) is 13.2. The van der Waals surface area contributed by atoms with Crippen molar-refractivity contribution in [1.82, 2.24) is 4.90 Å². The van der Waals surface area contributed by atoms with Gasteiger partial charge >= 0.3 is 6.18 Å². The van der Waals surface area contributed by atoms with Crippen LogP contribution < -0.4 is 4.90 Å². The van der Waals surface area contributed by atoms with Crippen LogP contribution in [0.2, 0.25) is 0 Å². The number of hydrogen-bond acceptors (Lipinski definition) is 2. The molecule has 7 heteroatoms. The third kappa shape index (κ3) is 3.07. The lowest BCUT2D eigenvalue weighted by molar-refractivity contribution is -0.140. The van der Waals surface area contributed by atoms with E-state index in [1.807, 2.05) is 32.2 Å². The number of alkyl halides is 3. The fraction of sp³-hybridized carbons (Fsp3) is 0.381. The molecular formula is C21H20F4N2O. The molecule has 3 nitrogen and oxygen atoms in total. The molecule has 0 aromatic heterocycles. The average molecular weight is 392 g/mol. The summed E-state index contributed by atoms with van der Waals surface area (Å²) in [6.45, 7) is 3.55. The zero-order valence-electron chi connectivity index (χ0n) is 15.6. The highest BCUT2D eigenvalue weighted by Gasteiger charge is 2.44. The van der Waals surface area contributed by atoms with Gasteiger partial charge in [0.1, 0.15) is 5.82 Å². The molecule has 2 heterocycles. The Bertz CT molecular complexity index is 940. The summed E-state index contributed by atoms with van der Waals surface area (Å²) in [7, 11) is 2.02. The number of aryl methyl sites for hydroxylation is 1. The topological polar surface area (TPSA) is 23.6 Å². The first kappa shape index (κ1) is 18.9. The van der Waals surface area contributed by atoms with Crippen molar-refractivity contribution in [2.75, 3.05) is 25.0 Å². The van der Waals surface area contributed by atoms with E-state index in [0.29, 0.717) is 12.1 Å². The van der Waals surface area contributed by atoms with E-state index in [9.17, 15) is 22.4 Å². The first-order valence-electron chi connectivity index (χ1n) is 9.16. The summed E-state index contributed by atoms with van der Waals surface area (Å²) in [4.78, 5) is 17.1. The van der Waals surface area contributed by atoms with E-state index < -0.39 is 23.5 Å². The molecule has 2 aliphatic heterocycles. The molecule has 0 unspecified atom stereocenters. The summed E-state index contributed by atoms with van der Waals surface area (Å²) >= 11 is 0. The number of anilines is 1. The lowest BCUT2D eigenvalue weighted by atomic mass is 9.88. The smallest absolute Gasteiger partial charge is 0.306 e. The Morgan fingerprint density at radius 2 is 1.89 bits per heavy atom. The van der Waals surface area contributed by atoms with Crippen LogP contribution in [-0.2, 0) is 6.18 Å². The van der Waals surface area contributed by atoms with E-state index >= 15 is 0 Å². The van der Waals surface area contributed by atoms with E-state index in [4.69, 9.17) is 0 Å². The maximum absolute atomic E-state index is 13.7. The zero-order chi connectivity index (χ0) is 20.2. The van der Waals surface area contributed by atoms with Crippen molar-refractivity contribution in [3.05, 3.63) is 64.5 Å². The lowest BCUT2D eigenvalue weighted by Gasteiger charge is -2.36. The summed E-state index contributed by atoms with van der Waals surface area (Å²) in [5.41, 5.74) is 1.28. The highest BCUT2D eigenvalue weighted by molar-refractivity contribution is 6.08. The standard InChI is InChI=1S/C21H20F4N2O/c1-12-3-6-18-14(9-12)15-11-26(2)8-7-19(15)27(18)20(28)13-4-5-17(22)16(10-13)21(23,24)25/h3-6,9-10,15,19H,7-8,11H2,1-2H3/t15-,19+/m0/s1. The molecule has 4 rings (SSSR count). The molecule has 28 heavy (non-hydrogen) atoms. The molecule has 2 aromatic carbocycles. The van der Waals surface area contributed by atoms with Crippen molar-refractivity contribution < 1.29 is 22.4 Å². The second-order valence-electron chi connectivity index (χ2n) is 7.65. The van der Waals surface area contributed by atoms with Crippen LogP contribution in [0.15, 0.2) is 36.4 Å². The molecule has 2 atom stereocenters. The molecule has 1 amide bonds. The van der Waals surface area contributed by atoms with Gasteiger partial charge in [-0.05, 0) is 56.8 Å². The molecule has 0 radical (unpaired) electrons. The van der Waals surface area contributed by atoms with Crippen LogP contribution in [0.25, 0.3) is 0 Å². The van der Waals surface area contributed by atoms with Crippen LogP contribution in [0.4, 0.5) is 23.2 Å². The molecule has 0 saturated carbocycles. The summed E-state index contributed by atoms with van der Waals surface area (Å²) in [5.74, 6) is -1.79. The summed E-state index contributed by atoms with van der Waals surface area (Å²) in [6, 6.07) is 8.15. The Hall–Kier alpha value is -2.41. The molecule has 0 N–H and O–H groups in total. The largest absolute Gasteiger partial charge is 0.419 e. The number of hydrogen-bond donors (Lipinski definition) is 0. The van der Waals surface area contributed by atoms with E-state index in [1.165, 1.54) is 0 Å². The van der Waals surface area contributed by atoms with Crippen LogP contribution in [0.1, 0.15) is 39.4 Å². The Labute approximate surface area is 160 Å². The number of piperidine rings is 1. The maximum Gasteiger partial charge on any atom is 0.419 e. The van der Waals surface area contributed by atoms with Gasteiger partial charge in [0.05, 0.1) is 5.56 Å². The monoisotopic (exact) mass is 392 g/mol. The number of likely N-dealkylation sites (tertiary alicyclic amines) is 1. The van der Waals surface area contributed by atoms with Gasteiger partial charge in [-0.25, -0.2) is 4.39 Å². The number of likely N-dealkylation sites (N-methyl/N-ethyl adjacent to an activating group) is 1. The minimum absolute atomic E-state index is 0.111. The molecule has 0 aliphatic carbocycles. The fourth-order valence-electron chi connectivity index (χ4n) is 4.36. The normalized spacial score (nSPS) is 22.1. The highest BCUT2D eigenvalue weighted by Crippen LogP contribution is 2.45. The summed E-state index contributed by atoms with van der Waals surface area (Å²) < 4.78 is 52.9. The highest BCUT2D eigenvalue weighted by atomic mass is 19.4. The lowest BCUT2D eigenvalue weighted by Crippen LogP contribution is -2.47. The summed E-state index contributed by atoms with van der Waals surface area (Å²) in [6.07, 6.45) is -4.12. The number of nitrogens with zero attached hydrogens (tertiary/aromatic N) is 2. The quantitative estimate of drug-likeness (QED) is 0.663. The van der Waals surface area contributed by atoms with Crippen molar-refractivity contribution in [2.45, 2.75) is 31.5 Å². The number of benzene rings is 2. The maximum atomic E-state index is 13.7. The second-order valence-corrected chi connectivity index (χ2v) is 7.65. The van der Waals surface area contributed by atoms with E-state index in [1.54, 1.807) is 4.90 Å². The number of halogens is 4. The van der Waals surface area contributed by atoms with Crippen LogP contribution in [0.3, 0.4) is 0 Å². The van der Waals surface area contributed by atoms with Gasteiger partial charge in [-0.2, -0.15) is 13.2 Å². The number of carbonyl (C=O) groups is 1. The van der Waals surface area contributed by atoms with Crippen molar-refractivity contribution in [2.24, 2.45) is 0 Å². The number of fused-ring (bicyclic) bond motifs is 3. The SMILES string of the molecule is Cc1ccc2c(c1)[C@@H]1CN(C)CC[C@H]1N2C(=O)c1ccc(F)c(C(F)(F)F)c1. The predicted molar refractivity (Wildman–Crippen MR) is 98.0 cm³/mol. The molecule has 0 bridgehead atoms. The average Bonchev–Trinajstić information content (AvgIpc) is 2.93. The number of carbonyl (C=O) groups excluding carboxylic acids is 1. The Morgan fingerprint density at radius 3 is 2.61 bits per heavy atom. The third-order valence-electron chi connectivity index (χ3n) is 5.69. The third-order valence-corrected chi connectivity index (χ3v) is 5.69.